The van der Waals surface area contributed by atoms with Crippen LogP contribution >= 0.6 is 0 Å². The maximum absolute atomic E-state index is 14.1. The summed E-state index contributed by atoms with van der Waals surface area (Å²) in [6, 6.07) is 5.67. The van der Waals surface area contributed by atoms with Gasteiger partial charge in [0.05, 0.1) is 24.9 Å². The number of benzene rings is 1. The highest BCUT2D eigenvalue weighted by Crippen LogP contribution is 2.40. The van der Waals surface area contributed by atoms with E-state index in [0.29, 0.717) is 42.2 Å². The van der Waals surface area contributed by atoms with E-state index in [0.717, 1.165) is 31.2 Å². The number of fused-ring (bicyclic) bond motifs is 3. The molecule has 2 aliphatic rings. The Kier molecular flexibility index (Phi) is 7.07. The molecule has 3 amide bonds. The number of ether oxygens (including phenoxy) is 1. The van der Waals surface area contributed by atoms with Gasteiger partial charge in [0.1, 0.15) is 17.0 Å². The van der Waals surface area contributed by atoms with Crippen molar-refractivity contribution in [2.24, 2.45) is 0 Å². The zero-order chi connectivity index (χ0) is 25.3. The zero-order valence-corrected chi connectivity index (χ0v) is 21.4. The van der Waals surface area contributed by atoms with Gasteiger partial charge in [0.15, 0.2) is 0 Å². The molecule has 0 unspecified atom stereocenters. The predicted molar refractivity (Wildman–Crippen MR) is 136 cm³/mol. The highest BCUT2D eigenvalue weighted by atomic mass is 16.5. The Bertz CT molecular complexity index is 1130. The summed E-state index contributed by atoms with van der Waals surface area (Å²) in [7, 11) is 5.47. The molecule has 0 spiro atoms. The molecule has 2 heterocycles. The number of hydrogen-bond acceptors (Lipinski definition) is 5. The van der Waals surface area contributed by atoms with Gasteiger partial charge in [-0.15, -0.1) is 0 Å². The normalized spacial score (nSPS) is 20.7. The van der Waals surface area contributed by atoms with E-state index in [2.05, 4.69) is 10.6 Å². The minimum absolute atomic E-state index is 0.126. The number of likely N-dealkylation sites (N-methyl/N-ethyl adjacent to an activating group) is 1. The molecule has 1 aromatic heterocycles. The van der Waals surface area contributed by atoms with Crippen molar-refractivity contribution >= 4 is 34.3 Å². The molecule has 0 radical (unpaired) electrons. The van der Waals surface area contributed by atoms with Crippen LogP contribution in [0.15, 0.2) is 18.2 Å². The molecule has 35 heavy (non-hydrogen) atoms. The molecule has 4 rings (SSSR count). The lowest BCUT2D eigenvalue weighted by Gasteiger charge is -2.45. The van der Waals surface area contributed by atoms with Crippen molar-refractivity contribution < 1.29 is 19.1 Å². The third-order valence-corrected chi connectivity index (χ3v) is 7.28. The molecule has 190 valence electrons. The Morgan fingerprint density at radius 3 is 2.54 bits per heavy atom. The molecule has 0 saturated heterocycles. The fourth-order valence-corrected chi connectivity index (χ4v) is 5.33. The number of aromatic nitrogens is 1. The molecular formula is C26H37N5O4. The van der Waals surface area contributed by atoms with E-state index >= 15 is 0 Å². The fourth-order valence-electron chi connectivity index (χ4n) is 5.33. The summed E-state index contributed by atoms with van der Waals surface area (Å²) in [5, 5.41) is 6.84. The largest absolute Gasteiger partial charge is 0.497 e. The van der Waals surface area contributed by atoms with E-state index in [1.54, 1.807) is 12.0 Å². The van der Waals surface area contributed by atoms with Gasteiger partial charge in [-0.05, 0) is 52.1 Å². The molecule has 9 heteroatoms. The van der Waals surface area contributed by atoms with Gasteiger partial charge in [0.2, 0.25) is 11.8 Å². The van der Waals surface area contributed by atoms with E-state index in [-0.39, 0.29) is 23.8 Å². The molecular weight excluding hydrogens is 446 g/mol. The summed E-state index contributed by atoms with van der Waals surface area (Å²) in [6.45, 7) is 4.58. The highest BCUT2D eigenvalue weighted by Gasteiger charge is 2.49. The van der Waals surface area contributed by atoms with Gasteiger partial charge in [-0.2, -0.15) is 0 Å². The van der Waals surface area contributed by atoms with Crippen molar-refractivity contribution in [3.63, 3.8) is 0 Å². The summed E-state index contributed by atoms with van der Waals surface area (Å²) in [6.07, 6.45) is 5.36. The smallest absolute Gasteiger partial charge is 0.273 e. The van der Waals surface area contributed by atoms with Crippen molar-refractivity contribution in [3.05, 3.63) is 23.9 Å². The Morgan fingerprint density at radius 2 is 1.91 bits per heavy atom. The second-order valence-electron chi connectivity index (χ2n) is 10.2. The molecule has 1 atom stereocenters. The summed E-state index contributed by atoms with van der Waals surface area (Å²) >= 11 is 0. The number of amides is 3. The quantitative estimate of drug-likeness (QED) is 0.631. The summed E-state index contributed by atoms with van der Waals surface area (Å²) in [5.41, 5.74) is 0.560. The van der Waals surface area contributed by atoms with Crippen LogP contribution in [-0.2, 0) is 16.1 Å². The number of hydrogen-bond donors (Lipinski definition) is 2. The van der Waals surface area contributed by atoms with E-state index in [1.807, 2.05) is 48.7 Å². The predicted octanol–water partition coefficient (Wildman–Crippen LogP) is 2.83. The molecule has 1 aliphatic heterocycles. The number of rotatable bonds is 7. The number of nitrogens with one attached hydrogen (secondary N) is 2. The monoisotopic (exact) mass is 483 g/mol. The van der Waals surface area contributed by atoms with Crippen molar-refractivity contribution in [3.8, 4) is 5.75 Å². The van der Waals surface area contributed by atoms with Gasteiger partial charge < -0.3 is 29.7 Å². The molecule has 9 nitrogen and oxygen atoms in total. The summed E-state index contributed by atoms with van der Waals surface area (Å²) in [5.74, 6) is -0.0298. The molecule has 1 aliphatic carbocycles. The molecule has 0 bridgehead atoms. The first-order valence-electron chi connectivity index (χ1n) is 12.4. The summed E-state index contributed by atoms with van der Waals surface area (Å²) in [4.78, 5) is 43.7. The SMILES string of the molecule is COc1ccc2c(c1)c(NC(C)=O)c1n2C[C@](C)(C(=O)NC2CCCCC2)N(CCN(C)C)C1=O. The first kappa shape index (κ1) is 25.0. The van der Waals surface area contributed by atoms with Crippen LogP contribution < -0.4 is 15.4 Å². The van der Waals surface area contributed by atoms with Gasteiger partial charge in [-0.3, -0.25) is 14.4 Å². The van der Waals surface area contributed by atoms with Crippen LogP contribution in [0.5, 0.6) is 5.75 Å². The van der Waals surface area contributed by atoms with Gasteiger partial charge in [0.25, 0.3) is 5.91 Å². The van der Waals surface area contributed by atoms with Crippen molar-refractivity contribution in [1.29, 1.82) is 0 Å². The van der Waals surface area contributed by atoms with Crippen molar-refractivity contribution in [2.75, 3.05) is 39.6 Å². The third-order valence-electron chi connectivity index (χ3n) is 7.28. The number of nitrogens with zero attached hydrogens (tertiary/aromatic N) is 3. The summed E-state index contributed by atoms with van der Waals surface area (Å²) < 4.78 is 7.29. The Labute approximate surface area is 206 Å². The molecule has 1 aromatic carbocycles. The first-order valence-corrected chi connectivity index (χ1v) is 12.4. The van der Waals surface area contributed by atoms with E-state index < -0.39 is 5.54 Å². The average Bonchev–Trinajstić information content (AvgIpc) is 3.11. The van der Waals surface area contributed by atoms with Gasteiger partial charge in [-0.1, -0.05) is 19.3 Å². The lowest BCUT2D eigenvalue weighted by molar-refractivity contribution is -0.133. The maximum Gasteiger partial charge on any atom is 0.273 e. The Balaban J connectivity index is 1.82. The second kappa shape index (κ2) is 9.89. The van der Waals surface area contributed by atoms with Crippen LogP contribution in [0, 0.1) is 0 Å². The van der Waals surface area contributed by atoms with Crippen LogP contribution in [0.3, 0.4) is 0 Å². The van der Waals surface area contributed by atoms with E-state index in [4.69, 9.17) is 4.74 Å². The van der Waals surface area contributed by atoms with Crippen LogP contribution in [0.25, 0.3) is 10.9 Å². The van der Waals surface area contributed by atoms with Crippen molar-refractivity contribution in [2.45, 2.75) is 64.1 Å². The topological polar surface area (TPSA) is 95.9 Å². The number of carbonyl (C=O) groups is 3. The first-order chi connectivity index (χ1) is 16.7. The van der Waals surface area contributed by atoms with Crippen LogP contribution in [-0.4, -0.2) is 78.0 Å². The standard InChI is InChI=1S/C26H37N5O4/c1-17(32)27-22-20-15-19(35-5)11-12-21(20)30-16-26(2,25(34)28-18-9-7-6-8-10-18)31(14-13-29(3)4)24(33)23(22)30/h11-12,15,18H,6-10,13-14,16H2,1-5H3,(H,27,32)(H,28,34)/t26-/m1/s1. The Morgan fingerprint density at radius 1 is 1.20 bits per heavy atom. The van der Waals surface area contributed by atoms with Crippen LogP contribution in [0.1, 0.15) is 56.4 Å². The Hall–Kier alpha value is -3.07. The third kappa shape index (κ3) is 4.74. The number of anilines is 1. The highest BCUT2D eigenvalue weighted by molar-refractivity contribution is 6.14. The lowest BCUT2D eigenvalue weighted by atomic mass is 9.91. The van der Waals surface area contributed by atoms with E-state index in [1.165, 1.54) is 13.3 Å². The van der Waals surface area contributed by atoms with Crippen LogP contribution in [0.2, 0.25) is 0 Å². The zero-order valence-electron chi connectivity index (χ0n) is 21.4. The van der Waals surface area contributed by atoms with Crippen LogP contribution in [0.4, 0.5) is 5.69 Å². The maximum atomic E-state index is 14.1. The minimum Gasteiger partial charge on any atom is -0.497 e. The molecule has 1 saturated carbocycles. The average molecular weight is 484 g/mol. The number of methoxy groups -OCH3 is 1. The molecule has 2 aromatic rings. The van der Waals surface area contributed by atoms with Gasteiger partial charge in [0, 0.05) is 31.4 Å². The lowest BCUT2D eigenvalue weighted by Crippen LogP contribution is -2.65. The second-order valence-corrected chi connectivity index (χ2v) is 10.2. The number of carbonyl (C=O) groups excluding carboxylic acids is 3. The van der Waals surface area contributed by atoms with E-state index in [9.17, 15) is 14.4 Å². The molecule has 2 N–H and O–H groups in total. The molecule has 1 fully saturated rings. The van der Waals surface area contributed by atoms with Gasteiger partial charge >= 0.3 is 0 Å². The van der Waals surface area contributed by atoms with Crippen molar-refractivity contribution in [1.82, 2.24) is 19.7 Å². The minimum atomic E-state index is -1.07. The fraction of sp³-hybridized carbons (Fsp3) is 0.577. The van der Waals surface area contributed by atoms with Gasteiger partial charge in [-0.25, -0.2) is 0 Å².